The summed E-state index contributed by atoms with van der Waals surface area (Å²) in [6.07, 6.45) is 0.997. The van der Waals surface area contributed by atoms with E-state index in [1.165, 1.54) is 0 Å². The second kappa shape index (κ2) is 8.33. The van der Waals surface area contributed by atoms with E-state index in [9.17, 15) is 9.59 Å². The van der Waals surface area contributed by atoms with Gasteiger partial charge in [-0.1, -0.05) is 24.3 Å². The van der Waals surface area contributed by atoms with E-state index in [0.29, 0.717) is 18.6 Å². The molecule has 2 N–H and O–H groups in total. The Morgan fingerprint density at radius 1 is 1.04 bits per heavy atom. The third-order valence-electron chi connectivity index (χ3n) is 3.28. The van der Waals surface area contributed by atoms with Crippen LogP contribution in [0, 0.1) is 13.8 Å². The molecule has 0 fully saturated rings. The summed E-state index contributed by atoms with van der Waals surface area (Å²) in [4.78, 5) is 24.5. The number of hydrazine groups is 1. The van der Waals surface area contributed by atoms with Crippen LogP contribution in [0.3, 0.4) is 0 Å². The highest BCUT2D eigenvalue weighted by molar-refractivity contribution is 7.09. The average molecular weight is 332 g/mol. The van der Waals surface area contributed by atoms with Crippen LogP contribution >= 0.6 is 11.3 Å². The van der Waals surface area contributed by atoms with Gasteiger partial charge in [-0.15, -0.1) is 11.3 Å². The summed E-state index contributed by atoms with van der Waals surface area (Å²) in [5, 5.41) is 1.97. The summed E-state index contributed by atoms with van der Waals surface area (Å²) in [6.45, 7) is 3.70. The molecule has 0 atom stereocenters. The highest BCUT2D eigenvalue weighted by Gasteiger charge is 2.08. The van der Waals surface area contributed by atoms with Crippen molar-refractivity contribution in [2.24, 2.45) is 0 Å². The van der Waals surface area contributed by atoms with E-state index in [-0.39, 0.29) is 12.5 Å². The Morgan fingerprint density at radius 3 is 2.39 bits per heavy atom. The normalized spacial score (nSPS) is 10.2. The lowest BCUT2D eigenvalue weighted by atomic mass is 10.1. The molecule has 0 saturated heterocycles. The maximum absolute atomic E-state index is 11.7. The van der Waals surface area contributed by atoms with Gasteiger partial charge in [0.05, 0.1) is 0 Å². The molecule has 0 aliphatic heterocycles. The topological polar surface area (TPSA) is 67.4 Å². The van der Waals surface area contributed by atoms with Crippen molar-refractivity contribution in [1.82, 2.24) is 10.9 Å². The maximum Gasteiger partial charge on any atom is 0.276 e. The molecule has 0 saturated carbocycles. The van der Waals surface area contributed by atoms with Gasteiger partial charge in [0.15, 0.2) is 6.61 Å². The predicted molar refractivity (Wildman–Crippen MR) is 90.3 cm³/mol. The second-order valence-electron chi connectivity index (χ2n) is 5.19. The van der Waals surface area contributed by atoms with Gasteiger partial charge in [-0.05, 0) is 42.8 Å². The zero-order valence-electron chi connectivity index (χ0n) is 13.2. The van der Waals surface area contributed by atoms with Gasteiger partial charge in [-0.2, -0.15) is 0 Å². The van der Waals surface area contributed by atoms with Crippen molar-refractivity contribution in [2.45, 2.75) is 26.7 Å². The molecule has 0 aliphatic carbocycles. The van der Waals surface area contributed by atoms with Crippen molar-refractivity contribution in [3.8, 4) is 5.75 Å². The fourth-order valence-corrected chi connectivity index (χ4v) is 2.80. The van der Waals surface area contributed by atoms with Crippen LogP contribution < -0.4 is 15.6 Å². The van der Waals surface area contributed by atoms with E-state index in [1.807, 2.05) is 49.6 Å². The maximum atomic E-state index is 11.7. The average Bonchev–Trinajstić information content (AvgIpc) is 3.04. The smallest absolute Gasteiger partial charge is 0.276 e. The summed E-state index contributed by atoms with van der Waals surface area (Å²) in [5.74, 6) is 0.0858. The van der Waals surface area contributed by atoms with Gasteiger partial charge in [0.25, 0.3) is 5.91 Å². The Kier molecular flexibility index (Phi) is 6.17. The van der Waals surface area contributed by atoms with Crippen LogP contribution in [0.5, 0.6) is 5.75 Å². The van der Waals surface area contributed by atoms with E-state index < -0.39 is 5.91 Å². The molecule has 6 heteroatoms. The van der Waals surface area contributed by atoms with E-state index in [0.717, 1.165) is 16.0 Å². The third kappa shape index (κ3) is 5.41. The number of ether oxygens (including phenoxy) is 1. The Morgan fingerprint density at radius 2 is 1.74 bits per heavy atom. The Balaban J connectivity index is 1.69. The molecule has 1 heterocycles. The minimum Gasteiger partial charge on any atom is -0.483 e. The van der Waals surface area contributed by atoms with E-state index in [1.54, 1.807) is 11.3 Å². The monoisotopic (exact) mass is 332 g/mol. The van der Waals surface area contributed by atoms with Gasteiger partial charge in [0, 0.05) is 11.3 Å². The Labute approximate surface area is 139 Å². The molecule has 122 valence electrons. The molecule has 2 aromatic rings. The Bertz CT molecular complexity index is 648. The van der Waals surface area contributed by atoms with Gasteiger partial charge in [0.1, 0.15) is 5.75 Å². The van der Waals surface area contributed by atoms with Crippen LogP contribution in [-0.4, -0.2) is 18.4 Å². The number of benzene rings is 1. The summed E-state index contributed by atoms with van der Waals surface area (Å²) in [6, 6.07) is 9.71. The molecule has 1 aromatic heterocycles. The minimum atomic E-state index is -0.392. The zero-order chi connectivity index (χ0) is 16.7. The first-order chi connectivity index (χ1) is 11.1. The molecule has 0 unspecified atom stereocenters. The van der Waals surface area contributed by atoms with Crippen molar-refractivity contribution < 1.29 is 14.3 Å². The lowest BCUT2D eigenvalue weighted by molar-refractivity contribution is -0.130. The van der Waals surface area contributed by atoms with E-state index in [2.05, 4.69) is 10.9 Å². The van der Waals surface area contributed by atoms with Gasteiger partial charge in [-0.3, -0.25) is 20.4 Å². The van der Waals surface area contributed by atoms with Crippen molar-refractivity contribution in [1.29, 1.82) is 0 Å². The number of hydrogen-bond donors (Lipinski definition) is 2. The van der Waals surface area contributed by atoms with Crippen molar-refractivity contribution in [2.75, 3.05) is 6.61 Å². The molecule has 5 nitrogen and oxygen atoms in total. The number of nitrogens with one attached hydrogen (secondary N) is 2. The highest BCUT2D eigenvalue weighted by Crippen LogP contribution is 2.21. The quantitative estimate of drug-likeness (QED) is 0.799. The van der Waals surface area contributed by atoms with Crippen molar-refractivity contribution >= 4 is 23.2 Å². The molecule has 2 rings (SSSR count). The molecule has 2 amide bonds. The van der Waals surface area contributed by atoms with Crippen molar-refractivity contribution in [3.63, 3.8) is 0 Å². The molecule has 1 aromatic carbocycles. The summed E-state index contributed by atoms with van der Waals surface area (Å²) in [5.41, 5.74) is 6.70. The summed E-state index contributed by atoms with van der Waals surface area (Å²) >= 11 is 1.61. The lowest BCUT2D eigenvalue weighted by Crippen LogP contribution is -2.43. The van der Waals surface area contributed by atoms with Crippen LogP contribution in [0.2, 0.25) is 0 Å². The highest BCUT2D eigenvalue weighted by atomic mass is 32.1. The van der Waals surface area contributed by atoms with Crippen LogP contribution in [0.4, 0.5) is 0 Å². The summed E-state index contributed by atoms with van der Waals surface area (Å²) in [7, 11) is 0. The molecule has 0 spiro atoms. The zero-order valence-corrected chi connectivity index (χ0v) is 14.0. The lowest BCUT2D eigenvalue weighted by Gasteiger charge is -2.12. The number of carbonyl (C=O) groups is 2. The van der Waals surface area contributed by atoms with Crippen LogP contribution in [-0.2, 0) is 16.0 Å². The second-order valence-corrected chi connectivity index (χ2v) is 6.22. The fourth-order valence-electron chi connectivity index (χ4n) is 2.09. The first kappa shape index (κ1) is 17.0. The first-order valence-corrected chi connectivity index (χ1v) is 8.23. The molecule has 0 aliphatic rings. The molecule has 23 heavy (non-hydrogen) atoms. The van der Waals surface area contributed by atoms with Gasteiger partial charge >= 0.3 is 0 Å². The van der Waals surface area contributed by atoms with Crippen LogP contribution in [0.25, 0.3) is 0 Å². The summed E-state index contributed by atoms with van der Waals surface area (Å²) < 4.78 is 5.52. The fraction of sp³-hybridized carbons (Fsp3) is 0.294. The van der Waals surface area contributed by atoms with Crippen molar-refractivity contribution in [3.05, 3.63) is 51.7 Å². The first-order valence-electron chi connectivity index (χ1n) is 7.35. The molecule has 0 radical (unpaired) electrons. The number of aryl methyl sites for hydroxylation is 3. The largest absolute Gasteiger partial charge is 0.483 e. The number of amides is 2. The number of rotatable bonds is 6. The molecular formula is C17H20N2O3S. The number of carbonyl (C=O) groups excluding carboxylic acids is 2. The number of thiophene rings is 1. The molecular weight excluding hydrogens is 312 g/mol. The van der Waals surface area contributed by atoms with Gasteiger partial charge in [0.2, 0.25) is 5.91 Å². The van der Waals surface area contributed by atoms with Crippen LogP contribution in [0.15, 0.2) is 35.7 Å². The number of hydrogen-bond acceptors (Lipinski definition) is 4. The molecule has 0 bridgehead atoms. The standard InChI is InChI=1S/C17H20N2O3S/c1-12-5-3-6-13(2)17(12)22-11-16(21)19-18-15(20)9-8-14-7-4-10-23-14/h3-7,10H,8-9,11H2,1-2H3,(H,18,20)(H,19,21). The van der Waals surface area contributed by atoms with Crippen LogP contribution in [0.1, 0.15) is 22.4 Å². The minimum absolute atomic E-state index is 0.142. The van der Waals surface area contributed by atoms with Gasteiger partial charge < -0.3 is 4.74 Å². The Hall–Kier alpha value is -2.34. The van der Waals surface area contributed by atoms with E-state index in [4.69, 9.17) is 4.74 Å². The number of para-hydroxylation sites is 1. The van der Waals surface area contributed by atoms with E-state index >= 15 is 0 Å². The SMILES string of the molecule is Cc1cccc(C)c1OCC(=O)NNC(=O)CCc1cccs1. The predicted octanol–water partition coefficient (Wildman–Crippen LogP) is 2.52. The van der Waals surface area contributed by atoms with Gasteiger partial charge in [-0.25, -0.2) is 0 Å². The third-order valence-corrected chi connectivity index (χ3v) is 4.21.